The lowest BCUT2D eigenvalue weighted by atomic mass is 10.1. The lowest BCUT2D eigenvalue weighted by Gasteiger charge is -2.30. The fourth-order valence-electron chi connectivity index (χ4n) is 2.05. The van der Waals surface area contributed by atoms with Gasteiger partial charge in [-0.25, -0.2) is 0 Å². The van der Waals surface area contributed by atoms with E-state index in [-0.39, 0.29) is 11.9 Å². The van der Waals surface area contributed by atoms with Crippen molar-refractivity contribution in [2.45, 2.75) is 18.9 Å². The minimum atomic E-state index is 0.166. The maximum Gasteiger partial charge on any atom is 0.231 e. The molecule has 0 saturated carbocycles. The van der Waals surface area contributed by atoms with Crippen molar-refractivity contribution in [2.75, 3.05) is 50.3 Å². The van der Waals surface area contributed by atoms with Crippen molar-refractivity contribution in [3.8, 4) is 0 Å². The van der Waals surface area contributed by atoms with Crippen LogP contribution in [-0.2, 0) is 4.79 Å². The van der Waals surface area contributed by atoms with Crippen LogP contribution in [0.4, 0.5) is 17.8 Å². The number of carbonyl (C=O) groups excluding carboxylic acids is 1. The van der Waals surface area contributed by atoms with Gasteiger partial charge in [0.1, 0.15) is 0 Å². The van der Waals surface area contributed by atoms with Gasteiger partial charge < -0.3 is 20.4 Å². The van der Waals surface area contributed by atoms with Crippen molar-refractivity contribution in [1.29, 1.82) is 0 Å². The van der Waals surface area contributed by atoms with Crippen LogP contribution in [0.25, 0.3) is 0 Å². The van der Waals surface area contributed by atoms with Crippen LogP contribution in [0.5, 0.6) is 0 Å². The minimum Gasteiger partial charge on any atom is -0.357 e. The van der Waals surface area contributed by atoms with E-state index in [4.69, 9.17) is 0 Å². The second-order valence-electron chi connectivity index (χ2n) is 5.08. The number of nitrogens with zero attached hydrogens (tertiary/aromatic N) is 5. The molecule has 1 saturated heterocycles. The Morgan fingerprint density at radius 3 is 2.55 bits per heavy atom. The Labute approximate surface area is 118 Å². The van der Waals surface area contributed by atoms with Crippen LogP contribution in [-0.4, -0.2) is 66.5 Å². The lowest BCUT2D eigenvalue weighted by Crippen LogP contribution is -2.43. The normalized spacial score (nSPS) is 18.9. The molecule has 1 aliphatic heterocycles. The zero-order chi connectivity index (χ0) is 14.7. The fourth-order valence-corrected chi connectivity index (χ4v) is 2.05. The van der Waals surface area contributed by atoms with E-state index in [0.717, 1.165) is 6.42 Å². The van der Waals surface area contributed by atoms with Crippen LogP contribution in [0, 0.1) is 0 Å². The third-order valence-electron chi connectivity index (χ3n) is 3.21. The van der Waals surface area contributed by atoms with Gasteiger partial charge >= 0.3 is 0 Å². The average molecular weight is 279 g/mol. The highest BCUT2D eigenvalue weighted by atomic mass is 16.2. The Balaban J connectivity index is 2.12. The van der Waals surface area contributed by atoms with E-state index >= 15 is 0 Å². The predicted octanol–water partition coefficient (Wildman–Crippen LogP) is 0.0120. The Morgan fingerprint density at radius 2 is 1.95 bits per heavy atom. The topological polar surface area (TPSA) is 86.3 Å². The fraction of sp³-hybridized carbons (Fsp3) is 0.667. The zero-order valence-electron chi connectivity index (χ0n) is 12.3. The van der Waals surface area contributed by atoms with E-state index < -0.39 is 0 Å². The number of hydrogen-bond acceptors (Lipinski definition) is 7. The van der Waals surface area contributed by atoms with Crippen LogP contribution < -0.4 is 15.5 Å². The van der Waals surface area contributed by atoms with E-state index in [1.807, 2.05) is 26.0 Å². The third-order valence-corrected chi connectivity index (χ3v) is 3.21. The molecule has 1 aromatic rings. The number of hydrogen-bond donors (Lipinski definition) is 2. The molecule has 8 nitrogen and oxygen atoms in total. The molecule has 110 valence electrons. The molecule has 1 atom stereocenters. The van der Waals surface area contributed by atoms with E-state index in [1.54, 1.807) is 11.9 Å². The molecule has 2 rings (SSSR count). The van der Waals surface area contributed by atoms with Crippen LogP contribution in [0.2, 0.25) is 0 Å². The molecule has 1 aromatic heterocycles. The second-order valence-corrected chi connectivity index (χ2v) is 5.08. The molecule has 0 radical (unpaired) electrons. The van der Waals surface area contributed by atoms with Crippen LogP contribution in [0.3, 0.4) is 0 Å². The number of aromatic nitrogens is 3. The first-order valence-corrected chi connectivity index (χ1v) is 6.61. The Kier molecular flexibility index (Phi) is 4.21. The highest BCUT2D eigenvalue weighted by Gasteiger charge is 2.23. The molecule has 20 heavy (non-hydrogen) atoms. The van der Waals surface area contributed by atoms with E-state index in [1.165, 1.54) is 0 Å². The van der Waals surface area contributed by atoms with Crippen molar-refractivity contribution in [3.63, 3.8) is 0 Å². The molecular weight excluding hydrogens is 258 g/mol. The van der Waals surface area contributed by atoms with Crippen LogP contribution in [0.1, 0.15) is 12.8 Å². The average Bonchev–Trinajstić information content (AvgIpc) is 2.42. The first kappa shape index (κ1) is 14.3. The number of amides is 1. The Bertz CT molecular complexity index is 491. The molecular formula is C12H21N7O. The maximum absolute atomic E-state index is 11.5. The third kappa shape index (κ3) is 3.25. The van der Waals surface area contributed by atoms with Gasteiger partial charge in [0, 0.05) is 47.2 Å². The maximum atomic E-state index is 11.5. The number of rotatable bonds is 4. The monoisotopic (exact) mass is 279 g/mol. The Hall–Kier alpha value is -2.12. The molecule has 1 aliphatic rings. The van der Waals surface area contributed by atoms with E-state index in [2.05, 4.69) is 25.6 Å². The highest BCUT2D eigenvalue weighted by Crippen LogP contribution is 2.16. The quantitative estimate of drug-likeness (QED) is 0.803. The minimum absolute atomic E-state index is 0.166. The first-order chi connectivity index (χ1) is 9.49. The molecule has 2 heterocycles. The van der Waals surface area contributed by atoms with Crippen LogP contribution >= 0.6 is 0 Å². The lowest BCUT2D eigenvalue weighted by molar-refractivity contribution is -0.132. The van der Waals surface area contributed by atoms with E-state index in [0.29, 0.717) is 30.8 Å². The van der Waals surface area contributed by atoms with Gasteiger partial charge in [0.05, 0.1) is 0 Å². The summed E-state index contributed by atoms with van der Waals surface area (Å²) < 4.78 is 0. The second kappa shape index (κ2) is 5.89. The van der Waals surface area contributed by atoms with Crippen molar-refractivity contribution >= 4 is 23.8 Å². The van der Waals surface area contributed by atoms with Gasteiger partial charge in [0.15, 0.2) is 0 Å². The summed E-state index contributed by atoms with van der Waals surface area (Å²) in [4.78, 5) is 28.0. The number of likely N-dealkylation sites (N-methyl/N-ethyl adjacent to an activating group) is 1. The van der Waals surface area contributed by atoms with Crippen molar-refractivity contribution in [1.82, 2.24) is 19.9 Å². The smallest absolute Gasteiger partial charge is 0.231 e. The van der Waals surface area contributed by atoms with Gasteiger partial charge in [0.2, 0.25) is 23.8 Å². The number of nitrogens with one attached hydrogen (secondary N) is 2. The Morgan fingerprint density at radius 1 is 1.25 bits per heavy atom. The molecule has 0 aliphatic carbocycles. The summed E-state index contributed by atoms with van der Waals surface area (Å²) in [6, 6.07) is 0.166. The number of carbonyl (C=O) groups is 1. The molecule has 2 N–H and O–H groups in total. The molecule has 0 bridgehead atoms. The first-order valence-electron chi connectivity index (χ1n) is 6.61. The van der Waals surface area contributed by atoms with E-state index in [9.17, 15) is 4.79 Å². The standard InChI is InChI=1S/C12H21N7O/c1-13-10-15-11(17-12(16-10)18(2)3)14-8-5-6-9(20)19(4)7-8/h8H,5-7H2,1-4H3,(H2,13,14,15,16,17). The number of piperidine rings is 1. The molecule has 0 spiro atoms. The summed E-state index contributed by atoms with van der Waals surface area (Å²) in [7, 11) is 7.34. The number of likely N-dealkylation sites (tertiary alicyclic amines) is 1. The van der Waals surface area contributed by atoms with Gasteiger partial charge in [-0.15, -0.1) is 0 Å². The summed E-state index contributed by atoms with van der Waals surface area (Å²) in [6.07, 6.45) is 1.35. The SMILES string of the molecule is CNc1nc(NC2CCC(=O)N(C)C2)nc(N(C)C)n1. The summed E-state index contributed by atoms with van der Waals surface area (Å²) in [5.74, 6) is 1.82. The van der Waals surface area contributed by atoms with Crippen molar-refractivity contribution in [2.24, 2.45) is 0 Å². The molecule has 8 heteroatoms. The van der Waals surface area contributed by atoms with Gasteiger partial charge in [-0.05, 0) is 6.42 Å². The summed E-state index contributed by atoms with van der Waals surface area (Å²) in [5.41, 5.74) is 0. The highest BCUT2D eigenvalue weighted by molar-refractivity contribution is 5.76. The molecule has 1 amide bonds. The largest absolute Gasteiger partial charge is 0.357 e. The van der Waals surface area contributed by atoms with Gasteiger partial charge in [-0.1, -0.05) is 0 Å². The summed E-state index contributed by atoms with van der Waals surface area (Å²) >= 11 is 0. The number of anilines is 3. The predicted molar refractivity (Wildman–Crippen MR) is 78.0 cm³/mol. The van der Waals surface area contributed by atoms with Crippen molar-refractivity contribution in [3.05, 3.63) is 0 Å². The summed E-state index contributed by atoms with van der Waals surface area (Å²) in [5, 5.41) is 6.20. The molecule has 0 aromatic carbocycles. The van der Waals surface area contributed by atoms with Gasteiger partial charge in [-0.2, -0.15) is 15.0 Å². The van der Waals surface area contributed by atoms with Crippen LogP contribution in [0.15, 0.2) is 0 Å². The van der Waals surface area contributed by atoms with Gasteiger partial charge in [-0.3, -0.25) is 4.79 Å². The summed E-state index contributed by atoms with van der Waals surface area (Å²) in [6.45, 7) is 0.663. The van der Waals surface area contributed by atoms with Crippen molar-refractivity contribution < 1.29 is 4.79 Å². The zero-order valence-corrected chi connectivity index (χ0v) is 12.3. The molecule has 1 unspecified atom stereocenters. The molecule has 1 fully saturated rings. The van der Waals surface area contributed by atoms with Gasteiger partial charge in [0.25, 0.3) is 0 Å².